The van der Waals surface area contributed by atoms with Gasteiger partial charge in [0.15, 0.2) is 5.96 Å². The molecule has 3 rings (SSSR count). The molecular weight excluding hydrogens is 501 g/mol. The number of nitrogens with one attached hydrogen (secondary N) is 1. The maximum Gasteiger partial charge on any atom is 0.194 e. The van der Waals surface area contributed by atoms with Crippen LogP contribution in [0.15, 0.2) is 47.6 Å². The maximum absolute atomic E-state index is 6.12. The van der Waals surface area contributed by atoms with E-state index in [0.717, 1.165) is 67.3 Å². The molecule has 8 heteroatoms. The molecule has 1 saturated heterocycles. The number of ether oxygens (including phenoxy) is 1. The third kappa shape index (κ3) is 7.01. The van der Waals surface area contributed by atoms with Gasteiger partial charge in [0.1, 0.15) is 5.82 Å². The van der Waals surface area contributed by atoms with E-state index < -0.39 is 0 Å². The van der Waals surface area contributed by atoms with Gasteiger partial charge in [-0.3, -0.25) is 0 Å². The summed E-state index contributed by atoms with van der Waals surface area (Å²) in [6, 6.07) is 12.0. The van der Waals surface area contributed by atoms with Gasteiger partial charge in [-0.25, -0.2) is 9.98 Å². The first-order valence-electron chi connectivity index (χ1n) is 9.68. The van der Waals surface area contributed by atoms with Crippen LogP contribution in [-0.2, 0) is 17.8 Å². The van der Waals surface area contributed by atoms with Gasteiger partial charge >= 0.3 is 0 Å². The number of pyridine rings is 1. The molecule has 1 aromatic heterocycles. The Bertz CT molecular complexity index is 798. The predicted octanol–water partition coefficient (Wildman–Crippen LogP) is 3.79. The lowest BCUT2D eigenvalue weighted by Crippen LogP contribution is -2.39. The molecule has 0 atom stereocenters. The number of morpholine rings is 1. The van der Waals surface area contributed by atoms with Crippen LogP contribution in [0, 0.1) is 0 Å². The lowest BCUT2D eigenvalue weighted by atomic mass is 10.2. The molecule has 29 heavy (non-hydrogen) atoms. The van der Waals surface area contributed by atoms with Crippen molar-refractivity contribution in [2.75, 3.05) is 44.8 Å². The summed E-state index contributed by atoms with van der Waals surface area (Å²) in [5.74, 6) is 1.86. The van der Waals surface area contributed by atoms with E-state index in [1.54, 1.807) is 0 Å². The zero-order chi connectivity index (χ0) is 19.8. The normalized spacial score (nSPS) is 14.3. The van der Waals surface area contributed by atoms with Gasteiger partial charge in [-0.2, -0.15) is 0 Å². The highest BCUT2D eigenvalue weighted by molar-refractivity contribution is 14.0. The van der Waals surface area contributed by atoms with E-state index in [-0.39, 0.29) is 24.0 Å². The quantitative estimate of drug-likeness (QED) is 0.351. The van der Waals surface area contributed by atoms with E-state index in [1.165, 1.54) is 0 Å². The summed E-state index contributed by atoms with van der Waals surface area (Å²) in [5, 5.41) is 4.12. The molecular formula is C21H29ClIN5O. The van der Waals surface area contributed by atoms with Gasteiger partial charge < -0.3 is 19.9 Å². The molecule has 0 saturated carbocycles. The molecule has 0 radical (unpaired) electrons. The van der Waals surface area contributed by atoms with Crippen LogP contribution in [0.5, 0.6) is 0 Å². The lowest BCUT2D eigenvalue weighted by molar-refractivity contribution is 0.122. The first kappa shape index (κ1) is 23.7. The SMILES string of the molecule is CCNC(=NCc1cccnc1N1CCOCC1)N(C)Cc1cccc(Cl)c1.I. The van der Waals surface area contributed by atoms with Crippen LogP contribution >= 0.6 is 35.6 Å². The van der Waals surface area contributed by atoms with Crippen molar-refractivity contribution in [3.05, 3.63) is 58.7 Å². The number of benzene rings is 1. The van der Waals surface area contributed by atoms with Crippen LogP contribution < -0.4 is 10.2 Å². The van der Waals surface area contributed by atoms with Crippen molar-refractivity contribution >= 4 is 47.4 Å². The number of anilines is 1. The average molecular weight is 530 g/mol. The summed E-state index contributed by atoms with van der Waals surface area (Å²) in [5.41, 5.74) is 2.27. The Morgan fingerprint density at radius 2 is 2.07 bits per heavy atom. The molecule has 1 fully saturated rings. The summed E-state index contributed by atoms with van der Waals surface area (Å²) in [4.78, 5) is 13.8. The summed E-state index contributed by atoms with van der Waals surface area (Å²) >= 11 is 6.12. The van der Waals surface area contributed by atoms with Crippen LogP contribution in [0.4, 0.5) is 5.82 Å². The molecule has 1 aliphatic heterocycles. The first-order chi connectivity index (χ1) is 13.7. The second kappa shape index (κ2) is 12.2. The summed E-state index contributed by atoms with van der Waals surface area (Å²) in [7, 11) is 2.04. The van der Waals surface area contributed by atoms with E-state index in [2.05, 4.69) is 39.2 Å². The Balaban J connectivity index is 0.00000300. The van der Waals surface area contributed by atoms with Gasteiger partial charge in [-0.15, -0.1) is 24.0 Å². The van der Waals surface area contributed by atoms with Gasteiger partial charge in [0.05, 0.1) is 19.8 Å². The summed E-state index contributed by atoms with van der Waals surface area (Å²) in [6.45, 7) is 7.39. The molecule has 0 amide bonds. The van der Waals surface area contributed by atoms with Crippen molar-refractivity contribution < 1.29 is 4.74 Å². The third-order valence-corrected chi connectivity index (χ3v) is 4.82. The fraction of sp³-hybridized carbons (Fsp3) is 0.429. The molecule has 2 aromatic rings. The largest absolute Gasteiger partial charge is 0.378 e. The fourth-order valence-electron chi connectivity index (χ4n) is 3.23. The first-order valence-corrected chi connectivity index (χ1v) is 10.1. The Labute approximate surface area is 195 Å². The average Bonchev–Trinajstić information content (AvgIpc) is 2.72. The van der Waals surface area contributed by atoms with Crippen LogP contribution in [0.2, 0.25) is 5.02 Å². The minimum absolute atomic E-state index is 0. The minimum atomic E-state index is 0. The summed E-state index contributed by atoms with van der Waals surface area (Å²) in [6.07, 6.45) is 1.84. The monoisotopic (exact) mass is 529 g/mol. The van der Waals surface area contributed by atoms with Crippen molar-refractivity contribution in [3.8, 4) is 0 Å². The van der Waals surface area contributed by atoms with E-state index >= 15 is 0 Å². The number of rotatable bonds is 6. The molecule has 1 aromatic carbocycles. The van der Waals surface area contributed by atoms with Gasteiger partial charge in [-0.1, -0.05) is 29.8 Å². The molecule has 6 nitrogen and oxygen atoms in total. The second-order valence-electron chi connectivity index (χ2n) is 6.74. The van der Waals surface area contributed by atoms with E-state index in [9.17, 15) is 0 Å². The van der Waals surface area contributed by atoms with Crippen molar-refractivity contribution in [2.24, 2.45) is 4.99 Å². The molecule has 1 N–H and O–H groups in total. The number of hydrogen-bond acceptors (Lipinski definition) is 4. The topological polar surface area (TPSA) is 53.0 Å². The highest BCUT2D eigenvalue weighted by Gasteiger charge is 2.16. The lowest BCUT2D eigenvalue weighted by Gasteiger charge is -2.29. The van der Waals surface area contributed by atoms with Gasteiger partial charge in [0.25, 0.3) is 0 Å². The van der Waals surface area contributed by atoms with E-state index in [1.807, 2.05) is 37.5 Å². The van der Waals surface area contributed by atoms with Crippen LogP contribution in [0.25, 0.3) is 0 Å². The zero-order valence-corrected chi connectivity index (χ0v) is 20.1. The predicted molar refractivity (Wildman–Crippen MR) is 130 cm³/mol. The van der Waals surface area contributed by atoms with E-state index in [0.29, 0.717) is 6.54 Å². The Kier molecular flexibility index (Phi) is 9.96. The Morgan fingerprint density at radius 3 is 2.79 bits per heavy atom. The highest BCUT2D eigenvalue weighted by Crippen LogP contribution is 2.19. The van der Waals surface area contributed by atoms with Gasteiger partial charge in [0.2, 0.25) is 0 Å². The zero-order valence-electron chi connectivity index (χ0n) is 17.0. The van der Waals surface area contributed by atoms with Crippen LogP contribution in [-0.4, -0.2) is 55.7 Å². The third-order valence-electron chi connectivity index (χ3n) is 4.58. The Hall–Kier alpha value is -1.58. The van der Waals surface area contributed by atoms with Crippen molar-refractivity contribution in [2.45, 2.75) is 20.0 Å². The number of aromatic nitrogens is 1. The molecule has 158 valence electrons. The van der Waals surface area contributed by atoms with Crippen LogP contribution in [0.1, 0.15) is 18.1 Å². The fourth-order valence-corrected chi connectivity index (χ4v) is 3.44. The van der Waals surface area contributed by atoms with E-state index in [4.69, 9.17) is 21.3 Å². The molecule has 0 unspecified atom stereocenters. The van der Waals surface area contributed by atoms with Crippen molar-refractivity contribution in [1.82, 2.24) is 15.2 Å². The maximum atomic E-state index is 6.12. The number of aliphatic imine (C=N–C) groups is 1. The smallest absolute Gasteiger partial charge is 0.194 e. The molecule has 0 bridgehead atoms. The van der Waals surface area contributed by atoms with Gasteiger partial charge in [0, 0.05) is 50.0 Å². The molecule has 0 aliphatic carbocycles. The number of hydrogen-bond donors (Lipinski definition) is 1. The standard InChI is InChI=1S/C21H28ClN5O.HI/c1-3-23-21(26(2)16-17-6-4-8-19(22)14-17)25-15-18-7-5-9-24-20(18)27-10-12-28-13-11-27;/h4-9,14H,3,10-13,15-16H2,1-2H3,(H,23,25);1H. The highest BCUT2D eigenvalue weighted by atomic mass is 127. The molecule has 2 heterocycles. The molecule has 0 spiro atoms. The van der Waals surface area contributed by atoms with Gasteiger partial charge in [-0.05, 0) is 30.7 Å². The number of halogens is 2. The second-order valence-corrected chi connectivity index (χ2v) is 7.18. The minimum Gasteiger partial charge on any atom is -0.378 e. The summed E-state index contributed by atoms with van der Waals surface area (Å²) < 4.78 is 5.46. The van der Waals surface area contributed by atoms with Crippen LogP contribution in [0.3, 0.4) is 0 Å². The molecule has 1 aliphatic rings. The van der Waals surface area contributed by atoms with Crippen molar-refractivity contribution in [1.29, 1.82) is 0 Å². The van der Waals surface area contributed by atoms with Crippen molar-refractivity contribution in [3.63, 3.8) is 0 Å². The number of guanidine groups is 1. The number of nitrogens with zero attached hydrogens (tertiary/aromatic N) is 4. The Morgan fingerprint density at radius 1 is 1.28 bits per heavy atom.